The Morgan fingerprint density at radius 3 is 2.80 bits per heavy atom. The SMILES string of the molecule is CC(C)(C)OC(=O)NCC1CC2CCC1N(c1ccc(C#N)nn1)C2. The van der Waals surface area contributed by atoms with Gasteiger partial charge in [-0.3, -0.25) is 0 Å². The Kier molecular flexibility index (Phi) is 4.80. The maximum absolute atomic E-state index is 11.9. The highest BCUT2D eigenvalue weighted by molar-refractivity contribution is 5.67. The normalized spacial score (nSPS) is 25.4. The van der Waals surface area contributed by atoms with Crippen LogP contribution in [0.1, 0.15) is 45.7 Å². The van der Waals surface area contributed by atoms with Crippen molar-refractivity contribution >= 4 is 11.9 Å². The Morgan fingerprint density at radius 2 is 2.20 bits per heavy atom. The van der Waals surface area contributed by atoms with Crippen LogP contribution in [0.3, 0.4) is 0 Å². The molecule has 3 aliphatic rings. The van der Waals surface area contributed by atoms with Crippen molar-refractivity contribution in [3.63, 3.8) is 0 Å². The Labute approximate surface area is 148 Å². The van der Waals surface area contributed by atoms with Gasteiger partial charge in [0.05, 0.1) is 0 Å². The van der Waals surface area contributed by atoms with Crippen LogP contribution >= 0.6 is 0 Å². The number of nitriles is 1. The van der Waals surface area contributed by atoms with E-state index in [1.807, 2.05) is 32.9 Å². The van der Waals surface area contributed by atoms with Crippen molar-refractivity contribution in [3.8, 4) is 6.07 Å². The first-order valence-corrected chi connectivity index (χ1v) is 8.83. The molecule has 1 saturated carbocycles. The molecule has 3 atom stereocenters. The number of carbonyl (C=O) groups is 1. The lowest BCUT2D eigenvalue weighted by molar-refractivity contribution is 0.0500. The van der Waals surface area contributed by atoms with Crippen molar-refractivity contribution in [2.24, 2.45) is 11.8 Å². The van der Waals surface area contributed by atoms with Gasteiger partial charge in [0.1, 0.15) is 11.7 Å². The summed E-state index contributed by atoms with van der Waals surface area (Å²) in [6, 6.07) is 5.91. The van der Waals surface area contributed by atoms with Gasteiger partial charge in [0.15, 0.2) is 11.5 Å². The van der Waals surface area contributed by atoms with Gasteiger partial charge in [0.25, 0.3) is 0 Å². The first-order valence-electron chi connectivity index (χ1n) is 8.83. The van der Waals surface area contributed by atoms with Crippen LogP contribution in [0, 0.1) is 23.2 Å². The lowest BCUT2D eigenvalue weighted by Gasteiger charge is -2.50. The van der Waals surface area contributed by atoms with Gasteiger partial charge in [0.2, 0.25) is 0 Å². The standard InChI is InChI=1S/C18H25N5O2/c1-18(2,3)25-17(24)20-10-13-8-12-4-6-15(13)23(11-12)16-7-5-14(9-19)21-22-16/h5,7,12-13,15H,4,6,8,10-11H2,1-3H3,(H,20,24). The molecule has 1 amide bonds. The number of carbonyl (C=O) groups excluding carboxylic acids is 1. The van der Waals surface area contributed by atoms with Crippen molar-refractivity contribution in [2.75, 3.05) is 18.0 Å². The maximum atomic E-state index is 11.9. The number of alkyl carbamates (subject to hydrolysis) is 1. The fraction of sp³-hybridized carbons (Fsp3) is 0.667. The number of ether oxygens (including phenoxy) is 1. The number of anilines is 1. The van der Waals surface area contributed by atoms with E-state index in [0.29, 0.717) is 30.1 Å². The molecule has 4 rings (SSSR count). The van der Waals surface area contributed by atoms with Crippen molar-refractivity contribution in [1.29, 1.82) is 5.26 Å². The highest BCUT2D eigenvalue weighted by Gasteiger charge is 2.41. The molecule has 2 aliphatic heterocycles. The van der Waals surface area contributed by atoms with Crippen molar-refractivity contribution in [2.45, 2.75) is 51.7 Å². The molecule has 2 saturated heterocycles. The maximum Gasteiger partial charge on any atom is 0.407 e. The molecular formula is C18H25N5O2. The summed E-state index contributed by atoms with van der Waals surface area (Å²) in [6.45, 7) is 7.16. The molecular weight excluding hydrogens is 318 g/mol. The third-order valence-corrected chi connectivity index (χ3v) is 4.87. The van der Waals surface area contributed by atoms with E-state index < -0.39 is 5.60 Å². The second-order valence-electron chi connectivity index (χ2n) is 7.93. The van der Waals surface area contributed by atoms with E-state index in [1.54, 1.807) is 6.07 Å². The van der Waals surface area contributed by atoms with E-state index in [-0.39, 0.29) is 6.09 Å². The van der Waals surface area contributed by atoms with Gasteiger partial charge < -0.3 is 15.0 Å². The van der Waals surface area contributed by atoms with Crippen LogP contribution in [0.2, 0.25) is 0 Å². The number of fused-ring (bicyclic) bond motifs is 3. The molecule has 1 aromatic heterocycles. The number of hydrogen-bond donors (Lipinski definition) is 1. The number of nitrogens with one attached hydrogen (secondary N) is 1. The molecule has 134 valence electrons. The quantitative estimate of drug-likeness (QED) is 0.906. The molecule has 0 aromatic carbocycles. The van der Waals surface area contributed by atoms with Crippen molar-refractivity contribution in [3.05, 3.63) is 17.8 Å². The van der Waals surface area contributed by atoms with Crippen LogP contribution in [0.15, 0.2) is 12.1 Å². The van der Waals surface area contributed by atoms with Crippen LogP contribution in [-0.2, 0) is 4.74 Å². The molecule has 3 fully saturated rings. The Bertz CT molecular complexity index is 662. The molecule has 0 radical (unpaired) electrons. The minimum Gasteiger partial charge on any atom is -0.444 e. The topological polar surface area (TPSA) is 91.1 Å². The summed E-state index contributed by atoms with van der Waals surface area (Å²) in [5.74, 6) is 1.79. The van der Waals surface area contributed by atoms with Gasteiger partial charge in [-0.15, -0.1) is 10.2 Å². The van der Waals surface area contributed by atoms with E-state index >= 15 is 0 Å². The lowest BCUT2D eigenvalue weighted by atomic mass is 9.72. The first-order chi connectivity index (χ1) is 11.9. The van der Waals surface area contributed by atoms with E-state index in [9.17, 15) is 4.79 Å². The second kappa shape index (κ2) is 6.87. The molecule has 0 spiro atoms. The lowest BCUT2D eigenvalue weighted by Crippen LogP contribution is -2.56. The zero-order valence-corrected chi connectivity index (χ0v) is 15.0. The summed E-state index contributed by atoms with van der Waals surface area (Å²) in [4.78, 5) is 14.2. The number of nitrogens with zero attached hydrogens (tertiary/aromatic N) is 4. The summed E-state index contributed by atoms with van der Waals surface area (Å²) in [6.07, 6.45) is 3.06. The number of aromatic nitrogens is 2. The average molecular weight is 343 g/mol. The predicted molar refractivity (Wildman–Crippen MR) is 92.9 cm³/mol. The van der Waals surface area contributed by atoms with Crippen molar-refractivity contribution < 1.29 is 9.53 Å². The molecule has 1 N–H and O–H groups in total. The van der Waals surface area contributed by atoms with Gasteiger partial charge in [-0.2, -0.15) is 5.26 Å². The summed E-state index contributed by atoms with van der Waals surface area (Å²) in [5, 5.41) is 20.0. The fourth-order valence-electron chi connectivity index (χ4n) is 3.88. The third kappa shape index (κ3) is 4.19. The van der Waals surface area contributed by atoms with E-state index in [1.165, 1.54) is 6.42 Å². The third-order valence-electron chi connectivity index (χ3n) is 4.87. The fourth-order valence-corrected chi connectivity index (χ4v) is 3.88. The van der Waals surface area contributed by atoms with Crippen LogP contribution in [-0.4, -0.2) is 41.0 Å². The Balaban J connectivity index is 1.64. The zero-order chi connectivity index (χ0) is 18.0. The van der Waals surface area contributed by atoms with Crippen molar-refractivity contribution in [1.82, 2.24) is 15.5 Å². The number of rotatable bonds is 3. The molecule has 1 aromatic rings. The van der Waals surface area contributed by atoms with Crippen LogP contribution in [0.4, 0.5) is 10.6 Å². The molecule has 3 heterocycles. The van der Waals surface area contributed by atoms with Crippen LogP contribution < -0.4 is 10.2 Å². The monoisotopic (exact) mass is 343 g/mol. The van der Waals surface area contributed by atoms with Gasteiger partial charge >= 0.3 is 6.09 Å². The zero-order valence-electron chi connectivity index (χ0n) is 15.0. The highest BCUT2D eigenvalue weighted by atomic mass is 16.6. The van der Waals surface area contributed by atoms with Gasteiger partial charge in [-0.25, -0.2) is 4.79 Å². The number of hydrogen-bond acceptors (Lipinski definition) is 6. The molecule has 7 nitrogen and oxygen atoms in total. The Morgan fingerprint density at radius 1 is 1.40 bits per heavy atom. The first kappa shape index (κ1) is 17.5. The molecule has 25 heavy (non-hydrogen) atoms. The number of piperidine rings is 2. The minimum atomic E-state index is -0.486. The summed E-state index contributed by atoms with van der Waals surface area (Å²) >= 11 is 0. The molecule has 2 bridgehead atoms. The minimum absolute atomic E-state index is 0.328. The van der Waals surface area contributed by atoms with Gasteiger partial charge in [0, 0.05) is 19.1 Å². The van der Waals surface area contributed by atoms with Crippen LogP contribution in [0.25, 0.3) is 0 Å². The second-order valence-corrected chi connectivity index (χ2v) is 7.93. The summed E-state index contributed by atoms with van der Waals surface area (Å²) in [5.41, 5.74) is -0.159. The van der Waals surface area contributed by atoms with E-state index in [4.69, 9.17) is 10.00 Å². The molecule has 3 unspecified atom stereocenters. The average Bonchev–Trinajstić information content (AvgIpc) is 2.59. The summed E-state index contributed by atoms with van der Waals surface area (Å²) in [7, 11) is 0. The molecule has 1 aliphatic carbocycles. The molecule has 7 heteroatoms. The highest BCUT2D eigenvalue weighted by Crippen LogP contribution is 2.40. The summed E-state index contributed by atoms with van der Waals surface area (Å²) < 4.78 is 5.33. The van der Waals surface area contributed by atoms with Crippen LogP contribution in [0.5, 0.6) is 0 Å². The smallest absolute Gasteiger partial charge is 0.407 e. The van der Waals surface area contributed by atoms with E-state index in [2.05, 4.69) is 20.4 Å². The predicted octanol–water partition coefficient (Wildman–Crippen LogP) is 2.48. The Hall–Kier alpha value is -2.36. The van der Waals surface area contributed by atoms with Gasteiger partial charge in [-0.1, -0.05) is 0 Å². The largest absolute Gasteiger partial charge is 0.444 e. The van der Waals surface area contributed by atoms with E-state index in [0.717, 1.165) is 25.2 Å². The van der Waals surface area contributed by atoms with Gasteiger partial charge in [-0.05, 0) is 64.0 Å². The number of amides is 1.